The van der Waals surface area contributed by atoms with Crippen LogP contribution in [-0.4, -0.2) is 42.2 Å². The summed E-state index contributed by atoms with van der Waals surface area (Å²) in [7, 11) is 1.53. The van der Waals surface area contributed by atoms with Crippen LogP contribution in [0.4, 0.5) is 0 Å². The lowest BCUT2D eigenvalue weighted by Crippen LogP contribution is -2.18. The van der Waals surface area contributed by atoms with Gasteiger partial charge in [0.25, 0.3) is 0 Å². The first-order valence-corrected chi connectivity index (χ1v) is 6.12. The molecule has 2 rings (SSSR count). The Morgan fingerprint density at radius 2 is 2.28 bits per heavy atom. The molecule has 1 fully saturated rings. The van der Waals surface area contributed by atoms with Gasteiger partial charge in [-0.3, -0.25) is 9.48 Å². The Labute approximate surface area is 106 Å². The van der Waals surface area contributed by atoms with Crippen LogP contribution in [0.15, 0.2) is 6.20 Å². The maximum atomic E-state index is 12.2. The number of aryl methyl sites for hydroxylation is 1. The van der Waals surface area contributed by atoms with Crippen molar-refractivity contribution in [3.8, 4) is 5.75 Å². The van der Waals surface area contributed by atoms with Gasteiger partial charge in [-0.15, -0.1) is 0 Å². The van der Waals surface area contributed by atoms with Gasteiger partial charge in [0, 0.05) is 6.54 Å². The fourth-order valence-electron chi connectivity index (χ4n) is 1.95. The summed E-state index contributed by atoms with van der Waals surface area (Å²) in [5.74, 6) is 0.441. The SMILES string of the molecule is CCCn1ncc(OC)c1C(=O)CC1OCCO1. The van der Waals surface area contributed by atoms with Crippen LogP contribution in [0.2, 0.25) is 0 Å². The number of carbonyl (C=O) groups is 1. The van der Waals surface area contributed by atoms with E-state index in [1.807, 2.05) is 6.92 Å². The molecule has 18 heavy (non-hydrogen) atoms. The fraction of sp³-hybridized carbons (Fsp3) is 0.667. The highest BCUT2D eigenvalue weighted by Crippen LogP contribution is 2.21. The quantitative estimate of drug-likeness (QED) is 0.715. The minimum absolute atomic E-state index is 0.0651. The summed E-state index contributed by atoms with van der Waals surface area (Å²) < 4.78 is 17.4. The fourth-order valence-corrected chi connectivity index (χ4v) is 1.95. The van der Waals surface area contributed by atoms with E-state index in [-0.39, 0.29) is 12.2 Å². The van der Waals surface area contributed by atoms with Gasteiger partial charge >= 0.3 is 0 Å². The molecule has 1 aromatic heterocycles. The van der Waals surface area contributed by atoms with Crippen molar-refractivity contribution in [3.63, 3.8) is 0 Å². The number of hydrogen-bond donors (Lipinski definition) is 0. The summed E-state index contributed by atoms with van der Waals surface area (Å²) in [6, 6.07) is 0. The molecule has 0 aromatic carbocycles. The Hall–Kier alpha value is -1.40. The molecular weight excluding hydrogens is 236 g/mol. The predicted molar refractivity (Wildman–Crippen MR) is 63.7 cm³/mol. The number of carbonyl (C=O) groups excluding carboxylic acids is 1. The van der Waals surface area contributed by atoms with Gasteiger partial charge in [-0.25, -0.2) is 0 Å². The third kappa shape index (κ3) is 2.70. The van der Waals surface area contributed by atoms with E-state index in [0.29, 0.717) is 31.2 Å². The molecule has 0 bridgehead atoms. The number of aromatic nitrogens is 2. The molecule has 0 N–H and O–H groups in total. The van der Waals surface area contributed by atoms with Crippen LogP contribution < -0.4 is 4.74 Å². The van der Waals surface area contributed by atoms with E-state index in [9.17, 15) is 4.79 Å². The summed E-state index contributed by atoms with van der Waals surface area (Å²) >= 11 is 0. The van der Waals surface area contributed by atoms with E-state index in [1.165, 1.54) is 7.11 Å². The van der Waals surface area contributed by atoms with E-state index >= 15 is 0 Å². The molecule has 2 heterocycles. The van der Waals surface area contributed by atoms with Gasteiger partial charge in [-0.05, 0) is 6.42 Å². The van der Waals surface area contributed by atoms with E-state index in [4.69, 9.17) is 14.2 Å². The molecule has 1 aromatic rings. The van der Waals surface area contributed by atoms with Crippen LogP contribution in [0.3, 0.4) is 0 Å². The van der Waals surface area contributed by atoms with Gasteiger partial charge in [-0.2, -0.15) is 5.10 Å². The van der Waals surface area contributed by atoms with Crippen LogP contribution in [-0.2, 0) is 16.0 Å². The Bertz CT molecular complexity index is 410. The highest BCUT2D eigenvalue weighted by molar-refractivity contribution is 5.97. The molecule has 1 saturated heterocycles. The first-order valence-electron chi connectivity index (χ1n) is 6.12. The highest BCUT2D eigenvalue weighted by Gasteiger charge is 2.25. The van der Waals surface area contributed by atoms with Crippen molar-refractivity contribution in [2.45, 2.75) is 32.6 Å². The van der Waals surface area contributed by atoms with Gasteiger partial charge in [-0.1, -0.05) is 6.92 Å². The molecule has 0 amide bonds. The monoisotopic (exact) mass is 254 g/mol. The van der Waals surface area contributed by atoms with Gasteiger partial charge in [0.15, 0.2) is 17.8 Å². The molecule has 0 unspecified atom stereocenters. The average molecular weight is 254 g/mol. The molecule has 0 radical (unpaired) electrons. The number of ether oxygens (including phenoxy) is 3. The molecule has 6 nitrogen and oxygen atoms in total. The summed E-state index contributed by atoms with van der Waals surface area (Å²) in [6.45, 7) is 3.81. The number of nitrogens with zero attached hydrogens (tertiary/aromatic N) is 2. The topological polar surface area (TPSA) is 62.6 Å². The second kappa shape index (κ2) is 5.97. The lowest BCUT2D eigenvalue weighted by atomic mass is 10.2. The molecule has 0 aliphatic carbocycles. The van der Waals surface area contributed by atoms with E-state index in [2.05, 4.69) is 5.10 Å². The zero-order valence-corrected chi connectivity index (χ0v) is 10.7. The Morgan fingerprint density at radius 3 is 2.89 bits per heavy atom. The smallest absolute Gasteiger partial charge is 0.189 e. The number of ketones is 1. The summed E-state index contributed by atoms with van der Waals surface area (Å²) in [4.78, 5) is 12.2. The molecule has 0 atom stereocenters. The van der Waals surface area contributed by atoms with E-state index in [0.717, 1.165) is 6.42 Å². The minimum atomic E-state index is -0.438. The molecule has 1 aliphatic rings. The third-order valence-electron chi connectivity index (χ3n) is 2.77. The molecule has 100 valence electrons. The van der Waals surface area contributed by atoms with Crippen molar-refractivity contribution < 1.29 is 19.0 Å². The number of hydrogen-bond acceptors (Lipinski definition) is 5. The number of rotatable bonds is 6. The van der Waals surface area contributed by atoms with Gasteiger partial charge in [0.1, 0.15) is 5.69 Å². The molecular formula is C12H18N2O4. The highest BCUT2D eigenvalue weighted by atomic mass is 16.7. The number of methoxy groups -OCH3 is 1. The second-order valence-electron chi connectivity index (χ2n) is 4.08. The maximum Gasteiger partial charge on any atom is 0.189 e. The van der Waals surface area contributed by atoms with Crippen molar-refractivity contribution in [1.82, 2.24) is 9.78 Å². The molecule has 1 aliphatic heterocycles. The average Bonchev–Trinajstić information content (AvgIpc) is 2.98. The first kappa shape index (κ1) is 13.0. The van der Waals surface area contributed by atoms with Crippen LogP contribution in [0, 0.1) is 0 Å². The van der Waals surface area contributed by atoms with Gasteiger partial charge < -0.3 is 14.2 Å². The molecule has 6 heteroatoms. The van der Waals surface area contributed by atoms with Crippen molar-refractivity contribution in [1.29, 1.82) is 0 Å². The standard InChI is InChI=1S/C12H18N2O4/c1-3-4-14-12(10(16-2)8-13-14)9(15)7-11-17-5-6-18-11/h8,11H,3-7H2,1-2H3. The Kier molecular flexibility index (Phi) is 4.33. The van der Waals surface area contributed by atoms with Gasteiger partial charge in [0.2, 0.25) is 0 Å². The first-order chi connectivity index (χ1) is 8.76. The van der Waals surface area contributed by atoms with Crippen molar-refractivity contribution in [2.24, 2.45) is 0 Å². The molecule has 0 spiro atoms. The molecule has 0 saturated carbocycles. The summed E-state index contributed by atoms with van der Waals surface area (Å²) in [5.41, 5.74) is 0.499. The van der Waals surface area contributed by atoms with Crippen molar-refractivity contribution >= 4 is 5.78 Å². The van der Waals surface area contributed by atoms with E-state index in [1.54, 1.807) is 10.9 Å². The van der Waals surface area contributed by atoms with E-state index < -0.39 is 6.29 Å². The van der Waals surface area contributed by atoms with Crippen molar-refractivity contribution in [2.75, 3.05) is 20.3 Å². The number of Topliss-reactive ketones (excluding diaryl/α,β-unsaturated/α-hetero) is 1. The maximum absolute atomic E-state index is 12.2. The van der Waals surface area contributed by atoms with Crippen LogP contribution in [0.25, 0.3) is 0 Å². The van der Waals surface area contributed by atoms with Crippen LogP contribution >= 0.6 is 0 Å². The summed E-state index contributed by atoms with van der Waals surface area (Å²) in [6.07, 6.45) is 2.24. The second-order valence-corrected chi connectivity index (χ2v) is 4.08. The van der Waals surface area contributed by atoms with Crippen molar-refractivity contribution in [3.05, 3.63) is 11.9 Å². The third-order valence-corrected chi connectivity index (χ3v) is 2.77. The lowest BCUT2D eigenvalue weighted by Gasteiger charge is -2.10. The minimum Gasteiger partial charge on any atom is -0.493 e. The zero-order valence-electron chi connectivity index (χ0n) is 10.7. The largest absolute Gasteiger partial charge is 0.493 e. The Balaban J connectivity index is 2.13. The van der Waals surface area contributed by atoms with Crippen LogP contribution in [0.5, 0.6) is 5.75 Å². The Morgan fingerprint density at radius 1 is 1.56 bits per heavy atom. The predicted octanol–water partition coefficient (Wildman–Crippen LogP) is 1.25. The normalized spacial score (nSPS) is 16.1. The lowest BCUT2D eigenvalue weighted by molar-refractivity contribution is -0.0409. The zero-order chi connectivity index (χ0) is 13.0. The summed E-state index contributed by atoms with van der Waals surface area (Å²) in [5, 5.41) is 4.16. The van der Waals surface area contributed by atoms with Crippen LogP contribution in [0.1, 0.15) is 30.3 Å². The van der Waals surface area contributed by atoms with Gasteiger partial charge in [0.05, 0.1) is 32.9 Å².